The molecule has 3 heterocycles. The molecule has 0 spiro atoms. The Bertz CT molecular complexity index is 1770. The molecule has 186 valence electrons. The van der Waals surface area contributed by atoms with Crippen LogP contribution in [0.1, 0.15) is 22.3 Å². The summed E-state index contributed by atoms with van der Waals surface area (Å²) in [5, 5.41) is 5.33. The number of rotatable bonds is 4. The first-order valence-electron chi connectivity index (χ1n) is 13.4. The Kier molecular flexibility index (Phi) is 5.61. The van der Waals surface area contributed by atoms with Crippen LogP contribution in [-0.4, -0.2) is 18.0 Å². The quantitative estimate of drug-likeness (QED) is 0.218. The zero-order valence-electron chi connectivity index (χ0n) is 22.1. The van der Waals surface area contributed by atoms with Gasteiger partial charge in [0.25, 0.3) is 0 Å². The van der Waals surface area contributed by atoms with Crippen LogP contribution in [0.25, 0.3) is 43.3 Å². The summed E-state index contributed by atoms with van der Waals surface area (Å²) in [4.78, 5) is 9.45. The molecule has 7 rings (SSSR count). The maximum absolute atomic E-state index is 4.73. The normalized spacial score (nSPS) is 14.9. The van der Waals surface area contributed by atoms with Crippen molar-refractivity contribution in [2.75, 3.05) is 0 Å². The van der Waals surface area contributed by atoms with Gasteiger partial charge in [-0.3, -0.25) is 9.97 Å². The van der Waals surface area contributed by atoms with E-state index in [9.17, 15) is 0 Å². The van der Waals surface area contributed by atoms with E-state index in [2.05, 4.69) is 134 Å². The molecule has 2 aromatic heterocycles. The van der Waals surface area contributed by atoms with Crippen LogP contribution in [0, 0.1) is 0 Å². The van der Waals surface area contributed by atoms with Crippen molar-refractivity contribution >= 4 is 51.4 Å². The molecule has 2 nitrogen and oxygen atoms in total. The van der Waals surface area contributed by atoms with Gasteiger partial charge in [-0.2, -0.15) is 0 Å². The highest BCUT2D eigenvalue weighted by Crippen LogP contribution is 2.56. The molecule has 0 fully saturated rings. The Balaban J connectivity index is 1.66. The fourth-order valence-electron chi connectivity index (χ4n) is 6.36. The Labute approximate surface area is 230 Å². The number of allylic oxidation sites excluding steroid dienone is 2. The number of benzene rings is 4. The summed E-state index contributed by atoms with van der Waals surface area (Å²) in [7, 11) is -2.30. The summed E-state index contributed by atoms with van der Waals surface area (Å²) in [5.74, 6) is 0. The summed E-state index contributed by atoms with van der Waals surface area (Å²) in [6.07, 6.45) is 3.94. The van der Waals surface area contributed by atoms with Crippen molar-refractivity contribution in [3.63, 3.8) is 0 Å². The fourth-order valence-corrected chi connectivity index (χ4v) is 10.2. The topological polar surface area (TPSA) is 25.8 Å². The molecule has 3 heteroatoms. The van der Waals surface area contributed by atoms with E-state index in [0.29, 0.717) is 0 Å². The van der Waals surface area contributed by atoms with Crippen molar-refractivity contribution in [2.24, 2.45) is 0 Å². The predicted octanol–water partition coefficient (Wildman–Crippen LogP) is 9.11. The van der Waals surface area contributed by atoms with Gasteiger partial charge >= 0.3 is 0 Å². The number of para-hydroxylation sites is 2. The highest BCUT2D eigenvalue weighted by atomic mass is 28.3. The van der Waals surface area contributed by atoms with Crippen molar-refractivity contribution in [2.45, 2.75) is 13.1 Å². The SMILES string of the molecule is C[Si]1(C)C(c2ccnc3ccccc23)=C(c2ccccc2)C(c2ccccc2)=C1c1ccnc2ccccc12. The molecule has 0 atom stereocenters. The minimum absolute atomic E-state index is 1.03. The van der Waals surface area contributed by atoms with Crippen molar-refractivity contribution in [1.29, 1.82) is 0 Å². The first-order valence-corrected chi connectivity index (χ1v) is 16.4. The Morgan fingerprint density at radius 3 is 1.26 bits per heavy atom. The second-order valence-electron chi connectivity index (χ2n) is 10.6. The van der Waals surface area contributed by atoms with Crippen LogP contribution in [0.3, 0.4) is 0 Å². The van der Waals surface area contributed by atoms with Crippen molar-refractivity contribution in [3.05, 3.63) is 156 Å². The Hall–Kier alpha value is -4.60. The smallest absolute Gasteiger partial charge is 0.115 e. The van der Waals surface area contributed by atoms with Gasteiger partial charge in [-0.05, 0) is 68.1 Å². The highest BCUT2D eigenvalue weighted by molar-refractivity contribution is 7.13. The van der Waals surface area contributed by atoms with E-state index in [1.54, 1.807) is 0 Å². The number of pyridine rings is 2. The average molecular weight is 517 g/mol. The zero-order valence-corrected chi connectivity index (χ0v) is 23.1. The third kappa shape index (κ3) is 3.77. The van der Waals surface area contributed by atoms with Crippen LogP contribution in [0.15, 0.2) is 134 Å². The standard InChI is InChI=1S/C36H28N2Si/c1-39(2)35(29-21-23-37-31-19-11-9-17-27(29)31)33(25-13-5-3-6-14-25)34(26-15-7-4-8-16-26)36(39)30-22-24-38-32-20-12-10-18-28(30)32/h3-24H,1-2H3. The van der Waals surface area contributed by atoms with Gasteiger partial charge in [0.15, 0.2) is 0 Å². The van der Waals surface area contributed by atoms with Gasteiger partial charge in [0.05, 0.1) is 11.0 Å². The average Bonchev–Trinajstić information content (AvgIpc) is 3.24. The van der Waals surface area contributed by atoms with Crippen LogP contribution < -0.4 is 0 Å². The van der Waals surface area contributed by atoms with Crippen LogP contribution >= 0.6 is 0 Å². The number of aromatic nitrogens is 2. The molecule has 1 aliphatic rings. The third-order valence-corrected chi connectivity index (χ3v) is 11.5. The summed E-state index contributed by atoms with van der Waals surface area (Å²) in [5.41, 5.74) is 9.82. The number of hydrogen-bond donors (Lipinski definition) is 0. The molecule has 0 amide bonds. The summed E-state index contributed by atoms with van der Waals surface area (Å²) in [6, 6.07) is 43.4. The van der Waals surface area contributed by atoms with Gasteiger partial charge < -0.3 is 0 Å². The second-order valence-corrected chi connectivity index (χ2v) is 14.9. The Morgan fingerprint density at radius 2 is 0.821 bits per heavy atom. The molecule has 1 aliphatic heterocycles. The fraction of sp³-hybridized carbons (Fsp3) is 0.0556. The lowest BCUT2D eigenvalue weighted by Gasteiger charge is -2.27. The minimum atomic E-state index is -2.30. The van der Waals surface area contributed by atoms with Gasteiger partial charge in [-0.1, -0.05) is 110 Å². The third-order valence-electron chi connectivity index (χ3n) is 7.96. The summed E-state index contributed by atoms with van der Waals surface area (Å²) >= 11 is 0. The maximum atomic E-state index is 4.73. The summed E-state index contributed by atoms with van der Waals surface area (Å²) < 4.78 is 0. The first-order chi connectivity index (χ1) is 19.1. The van der Waals surface area contributed by atoms with E-state index in [1.165, 1.54) is 54.6 Å². The molecule has 0 saturated carbocycles. The molecule has 6 aromatic rings. The van der Waals surface area contributed by atoms with Gasteiger partial charge in [-0.15, -0.1) is 0 Å². The van der Waals surface area contributed by atoms with Gasteiger partial charge in [0.1, 0.15) is 8.07 Å². The molecule has 0 N–H and O–H groups in total. The monoisotopic (exact) mass is 516 g/mol. The van der Waals surface area contributed by atoms with Crippen LogP contribution in [-0.2, 0) is 0 Å². The number of hydrogen-bond acceptors (Lipinski definition) is 2. The Morgan fingerprint density at radius 1 is 0.436 bits per heavy atom. The minimum Gasteiger partial charge on any atom is -0.256 e. The van der Waals surface area contributed by atoms with E-state index in [1.807, 2.05) is 12.4 Å². The molecule has 0 aliphatic carbocycles. The lowest BCUT2D eigenvalue weighted by molar-refractivity contribution is 1.40. The molecule has 0 radical (unpaired) electrons. The molecular weight excluding hydrogens is 488 g/mol. The van der Waals surface area contributed by atoms with Crippen LogP contribution in [0.4, 0.5) is 0 Å². The maximum Gasteiger partial charge on any atom is 0.115 e. The molecule has 0 saturated heterocycles. The van der Waals surface area contributed by atoms with E-state index in [0.717, 1.165) is 11.0 Å². The van der Waals surface area contributed by atoms with Gasteiger partial charge in [-0.25, -0.2) is 0 Å². The van der Waals surface area contributed by atoms with E-state index < -0.39 is 8.07 Å². The van der Waals surface area contributed by atoms with Crippen molar-refractivity contribution in [1.82, 2.24) is 9.97 Å². The predicted molar refractivity (Wildman–Crippen MR) is 167 cm³/mol. The van der Waals surface area contributed by atoms with E-state index >= 15 is 0 Å². The molecule has 0 bridgehead atoms. The largest absolute Gasteiger partial charge is 0.256 e. The molecule has 39 heavy (non-hydrogen) atoms. The van der Waals surface area contributed by atoms with E-state index in [4.69, 9.17) is 9.97 Å². The highest BCUT2D eigenvalue weighted by Gasteiger charge is 2.44. The van der Waals surface area contributed by atoms with Crippen molar-refractivity contribution < 1.29 is 0 Å². The van der Waals surface area contributed by atoms with Gasteiger partial charge in [0.2, 0.25) is 0 Å². The van der Waals surface area contributed by atoms with Crippen LogP contribution in [0.5, 0.6) is 0 Å². The van der Waals surface area contributed by atoms with Gasteiger partial charge in [0, 0.05) is 23.2 Å². The van der Waals surface area contributed by atoms with Crippen LogP contribution in [0.2, 0.25) is 13.1 Å². The summed E-state index contributed by atoms with van der Waals surface area (Å²) in [6.45, 7) is 5.03. The second kappa shape index (κ2) is 9.30. The lowest BCUT2D eigenvalue weighted by Crippen LogP contribution is -2.29. The number of nitrogens with zero attached hydrogens (tertiary/aromatic N) is 2. The van der Waals surface area contributed by atoms with E-state index in [-0.39, 0.29) is 0 Å². The number of fused-ring (bicyclic) bond motifs is 2. The first kappa shape index (κ1) is 23.5. The van der Waals surface area contributed by atoms with Crippen molar-refractivity contribution in [3.8, 4) is 0 Å². The lowest BCUT2D eigenvalue weighted by atomic mass is 9.88. The molecule has 4 aromatic carbocycles. The molecule has 0 unspecified atom stereocenters. The zero-order chi connectivity index (χ0) is 26.4. The molecular formula is C36H28N2Si.